The summed E-state index contributed by atoms with van der Waals surface area (Å²) in [6, 6.07) is 5.38. The largest absolute Gasteiger partial charge is 0.481 e. The van der Waals surface area contributed by atoms with Gasteiger partial charge in [-0.1, -0.05) is 6.07 Å². The van der Waals surface area contributed by atoms with Gasteiger partial charge in [0.25, 0.3) is 5.91 Å². The number of carbonyl (C=O) groups excluding carboxylic acids is 1. The molecule has 2 aromatic rings. The van der Waals surface area contributed by atoms with Crippen molar-refractivity contribution in [3.63, 3.8) is 0 Å². The van der Waals surface area contributed by atoms with Gasteiger partial charge in [0.05, 0.1) is 35.8 Å². The van der Waals surface area contributed by atoms with Gasteiger partial charge in [0.15, 0.2) is 0 Å². The molecule has 0 saturated heterocycles. The smallest absolute Gasteiger partial charge is 0.305 e. The van der Waals surface area contributed by atoms with Gasteiger partial charge in [-0.25, -0.2) is 4.52 Å². The summed E-state index contributed by atoms with van der Waals surface area (Å²) in [6.07, 6.45) is 2.96. The lowest BCUT2D eigenvalue weighted by molar-refractivity contribution is -0.139. The van der Waals surface area contributed by atoms with Gasteiger partial charge in [0, 0.05) is 13.3 Å². The van der Waals surface area contributed by atoms with Crippen molar-refractivity contribution in [2.24, 2.45) is 0 Å². The fourth-order valence-corrected chi connectivity index (χ4v) is 2.23. The van der Waals surface area contributed by atoms with Crippen molar-refractivity contribution < 1.29 is 19.4 Å². The molecule has 2 heterocycles. The third-order valence-corrected chi connectivity index (χ3v) is 3.09. The Morgan fingerprint density at radius 1 is 1.48 bits per heavy atom. The van der Waals surface area contributed by atoms with E-state index >= 15 is 0 Å². The first kappa shape index (κ1) is 15.0. The topological polar surface area (TPSA) is 92.9 Å². The normalized spacial score (nSPS) is 13.8. The van der Waals surface area contributed by atoms with Crippen molar-refractivity contribution in [2.45, 2.75) is 18.9 Å². The van der Waals surface area contributed by atoms with Crippen LogP contribution in [-0.4, -0.2) is 45.9 Å². The number of hydrogen-bond donors (Lipinski definition) is 2. The highest BCUT2D eigenvalue weighted by atomic mass is 16.5. The number of pyridine rings is 1. The predicted octanol–water partition coefficient (Wildman–Crippen LogP) is 0.944. The van der Waals surface area contributed by atoms with E-state index in [-0.39, 0.29) is 18.9 Å². The highest BCUT2D eigenvalue weighted by Crippen LogP contribution is 2.15. The molecular weight excluding hydrogens is 274 g/mol. The van der Waals surface area contributed by atoms with E-state index in [9.17, 15) is 9.59 Å². The summed E-state index contributed by atoms with van der Waals surface area (Å²) in [7, 11) is 1.46. The van der Waals surface area contributed by atoms with E-state index in [0.29, 0.717) is 11.1 Å². The third-order valence-electron chi connectivity index (χ3n) is 3.09. The van der Waals surface area contributed by atoms with Crippen LogP contribution in [0.5, 0.6) is 0 Å². The summed E-state index contributed by atoms with van der Waals surface area (Å²) in [6.45, 7) is 1.73. The Balaban J connectivity index is 2.24. The zero-order valence-electron chi connectivity index (χ0n) is 11.9. The molecular formula is C14H17N3O4. The predicted molar refractivity (Wildman–Crippen MR) is 75.2 cm³/mol. The Morgan fingerprint density at radius 2 is 2.24 bits per heavy atom. The summed E-state index contributed by atoms with van der Waals surface area (Å²) in [5.41, 5.74) is 0.0640. The molecule has 21 heavy (non-hydrogen) atoms. The lowest BCUT2D eigenvalue weighted by Crippen LogP contribution is -2.50. The van der Waals surface area contributed by atoms with Gasteiger partial charge < -0.3 is 15.2 Å². The average molecular weight is 291 g/mol. The summed E-state index contributed by atoms with van der Waals surface area (Å²) < 4.78 is 6.60. The van der Waals surface area contributed by atoms with Gasteiger partial charge in [-0.05, 0) is 19.1 Å². The molecule has 7 nitrogen and oxygen atoms in total. The molecule has 2 N–H and O–H groups in total. The number of carboxylic acids is 1. The summed E-state index contributed by atoms with van der Waals surface area (Å²) in [5.74, 6) is -1.38. The first-order chi connectivity index (χ1) is 9.95. The Morgan fingerprint density at radius 3 is 2.90 bits per heavy atom. The maximum absolute atomic E-state index is 12.4. The molecule has 0 fully saturated rings. The second-order valence-corrected chi connectivity index (χ2v) is 5.11. The molecule has 1 unspecified atom stereocenters. The Hall–Kier alpha value is -2.41. The van der Waals surface area contributed by atoms with Crippen LogP contribution in [0.1, 0.15) is 23.7 Å². The van der Waals surface area contributed by atoms with Gasteiger partial charge in [0.1, 0.15) is 0 Å². The van der Waals surface area contributed by atoms with E-state index < -0.39 is 11.5 Å². The van der Waals surface area contributed by atoms with E-state index in [0.717, 1.165) is 0 Å². The number of ether oxygens (including phenoxy) is 1. The second-order valence-electron chi connectivity index (χ2n) is 5.11. The fourth-order valence-electron chi connectivity index (χ4n) is 2.23. The summed E-state index contributed by atoms with van der Waals surface area (Å²) >= 11 is 0. The number of fused-ring (bicyclic) bond motifs is 1. The van der Waals surface area contributed by atoms with Gasteiger partial charge in [0.2, 0.25) is 0 Å². The molecule has 2 aromatic heterocycles. The minimum Gasteiger partial charge on any atom is -0.481 e. The zero-order valence-corrected chi connectivity index (χ0v) is 11.9. The molecule has 0 aromatic carbocycles. The Bertz CT molecular complexity index is 667. The number of aliphatic carboxylic acids is 1. The minimum absolute atomic E-state index is 0.101. The first-order valence-corrected chi connectivity index (χ1v) is 6.41. The highest BCUT2D eigenvalue weighted by molar-refractivity contribution is 6.01. The van der Waals surface area contributed by atoms with Gasteiger partial charge in [-0.2, -0.15) is 5.10 Å². The minimum atomic E-state index is -1.00. The van der Waals surface area contributed by atoms with Gasteiger partial charge in [-0.3, -0.25) is 9.59 Å². The van der Waals surface area contributed by atoms with Crippen LogP contribution in [0.3, 0.4) is 0 Å². The van der Waals surface area contributed by atoms with Crippen molar-refractivity contribution in [3.05, 3.63) is 36.2 Å². The van der Waals surface area contributed by atoms with E-state index in [1.807, 2.05) is 0 Å². The number of amides is 1. The number of hydrogen-bond acceptors (Lipinski definition) is 4. The van der Waals surface area contributed by atoms with Crippen LogP contribution in [0, 0.1) is 0 Å². The van der Waals surface area contributed by atoms with Crippen LogP contribution >= 0.6 is 0 Å². The number of methoxy groups -OCH3 is 1. The molecule has 0 aliphatic rings. The van der Waals surface area contributed by atoms with Crippen LogP contribution in [0.15, 0.2) is 30.6 Å². The molecule has 1 atom stereocenters. The van der Waals surface area contributed by atoms with E-state index in [4.69, 9.17) is 9.84 Å². The third kappa shape index (κ3) is 3.38. The van der Waals surface area contributed by atoms with E-state index in [2.05, 4.69) is 10.4 Å². The van der Waals surface area contributed by atoms with Crippen molar-refractivity contribution in [3.8, 4) is 0 Å². The lowest BCUT2D eigenvalue weighted by Gasteiger charge is -2.28. The van der Waals surface area contributed by atoms with Crippen LogP contribution in [0.4, 0.5) is 0 Å². The second kappa shape index (κ2) is 5.92. The number of carbonyl (C=O) groups is 2. The van der Waals surface area contributed by atoms with Crippen LogP contribution in [0.25, 0.3) is 5.52 Å². The van der Waals surface area contributed by atoms with Gasteiger partial charge >= 0.3 is 5.97 Å². The van der Waals surface area contributed by atoms with Crippen LogP contribution in [-0.2, 0) is 9.53 Å². The lowest BCUT2D eigenvalue weighted by atomic mass is 9.98. The molecule has 0 radical (unpaired) electrons. The maximum atomic E-state index is 12.4. The molecule has 2 rings (SSSR count). The number of aromatic nitrogens is 2. The van der Waals surface area contributed by atoms with Gasteiger partial charge in [-0.15, -0.1) is 0 Å². The number of rotatable bonds is 6. The van der Waals surface area contributed by atoms with E-state index in [1.54, 1.807) is 35.8 Å². The standard InChI is InChI=1S/C14H17N3O4/c1-14(9-21-2,7-12(18)19)16-13(20)10-8-15-17-6-4-3-5-11(10)17/h3-6,8H,7,9H2,1-2H3,(H,16,20)(H,18,19). The molecule has 0 aliphatic heterocycles. The summed E-state index contributed by atoms with van der Waals surface area (Å²) in [5, 5.41) is 15.8. The average Bonchev–Trinajstić information content (AvgIpc) is 2.81. The fraction of sp³-hybridized carbons (Fsp3) is 0.357. The number of nitrogens with zero attached hydrogens (tertiary/aromatic N) is 2. The molecule has 0 bridgehead atoms. The molecule has 7 heteroatoms. The molecule has 1 amide bonds. The SMILES string of the molecule is COCC(C)(CC(=O)O)NC(=O)c1cnn2ccccc12. The van der Waals surface area contributed by atoms with Crippen LogP contribution in [0.2, 0.25) is 0 Å². The Kier molecular flexibility index (Phi) is 4.23. The quantitative estimate of drug-likeness (QED) is 0.826. The highest BCUT2D eigenvalue weighted by Gasteiger charge is 2.30. The number of carboxylic acid groups (broad SMARTS) is 1. The van der Waals surface area contributed by atoms with Crippen molar-refractivity contribution in [2.75, 3.05) is 13.7 Å². The number of nitrogens with one attached hydrogen (secondary N) is 1. The van der Waals surface area contributed by atoms with Crippen LogP contribution < -0.4 is 5.32 Å². The van der Waals surface area contributed by atoms with Crippen molar-refractivity contribution in [1.29, 1.82) is 0 Å². The molecule has 0 aliphatic carbocycles. The van der Waals surface area contributed by atoms with Crippen molar-refractivity contribution >= 4 is 17.4 Å². The molecule has 0 spiro atoms. The Labute approximate surface area is 121 Å². The van der Waals surface area contributed by atoms with Crippen molar-refractivity contribution in [1.82, 2.24) is 14.9 Å². The molecule has 0 saturated carbocycles. The first-order valence-electron chi connectivity index (χ1n) is 6.41. The zero-order chi connectivity index (χ0) is 15.5. The summed E-state index contributed by atoms with van der Waals surface area (Å²) in [4.78, 5) is 23.3. The maximum Gasteiger partial charge on any atom is 0.305 e. The monoisotopic (exact) mass is 291 g/mol. The van der Waals surface area contributed by atoms with E-state index in [1.165, 1.54) is 13.3 Å². The molecule has 112 valence electrons.